The van der Waals surface area contributed by atoms with Crippen LogP contribution in [0.2, 0.25) is 0 Å². The van der Waals surface area contributed by atoms with E-state index < -0.39 is 18.3 Å². The molecule has 0 aromatic heterocycles. The highest BCUT2D eigenvalue weighted by atomic mass is 16.5. The number of allylic oxidation sites excluding steroid dienone is 1. The Morgan fingerprint density at radius 1 is 1.00 bits per heavy atom. The molecule has 0 heterocycles. The maximum atomic E-state index is 10.9. The largest absolute Gasteiger partial charge is 0.469 e. The summed E-state index contributed by atoms with van der Waals surface area (Å²) in [5.41, 5.74) is 0. The van der Waals surface area contributed by atoms with Gasteiger partial charge < -0.3 is 20.1 Å². The van der Waals surface area contributed by atoms with Crippen LogP contribution in [0.1, 0.15) is 64.7 Å². The highest BCUT2D eigenvalue weighted by Gasteiger charge is 2.11. The van der Waals surface area contributed by atoms with Gasteiger partial charge in [0.2, 0.25) is 0 Å². The van der Waals surface area contributed by atoms with Crippen LogP contribution in [0.4, 0.5) is 0 Å². The van der Waals surface area contributed by atoms with E-state index in [1.54, 1.807) is 0 Å². The fourth-order valence-corrected chi connectivity index (χ4v) is 2.16. The van der Waals surface area contributed by atoms with Crippen LogP contribution in [0.5, 0.6) is 0 Å². The highest BCUT2D eigenvalue weighted by Crippen LogP contribution is 2.09. The number of aliphatic hydroxyl groups is 3. The molecule has 0 fully saturated rings. The van der Waals surface area contributed by atoms with Gasteiger partial charge in [0.05, 0.1) is 25.4 Å². The van der Waals surface area contributed by atoms with Crippen molar-refractivity contribution in [3.05, 3.63) is 24.3 Å². The summed E-state index contributed by atoms with van der Waals surface area (Å²) in [5.74, 6) is -0.141. The molecule has 3 N–H and O–H groups in total. The summed E-state index contributed by atoms with van der Waals surface area (Å²) in [6.45, 7) is 1.85. The molecule has 0 amide bonds. The second-order valence-electron chi connectivity index (χ2n) is 6.01. The van der Waals surface area contributed by atoms with Gasteiger partial charge in [-0.05, 0) is 32.1 Å². The van der Waals surface area contributed by atoms with Gasteiger partial charge >= 0.3 is 5.97 Å². The molecule has 0 aliphatic heterocycles. The summed E-state index contributed by atoms with van der Waals surface area (Å²) in [6, 6.07) is 0. The van der Waals surface area contributed by atoms with Crippen molar-refractivity contribution in [3.8, 4) is 0 Å². The maximum Gasteiger partial charge on any atom is 0.305 e. The Labute approximate surface area is 146 Å². The summed E-state index contributed by atoms with van der Waals surface area (Å²) >= 11 is 0. The van der Waals surface area contributed by atoms with E-state index in [1.807, 2.05) is 19.1 Å². The molecule has 0 bridgehead atoms. The van der Waals surface area contributed by atoms with Crippen LogP contribution in [0, 0.1) is 0 Å². The Morgan fingerprint density at radius 3 is 2.33 bits per heavy atom. The third-order valence-corrected chi connectivity index (χ3v) is 3.87. The third-order valence-electron chi connectivity index (χ3n) is 3.87. The van der Waals surface area contributed by atoms with E-state index in [1.165, 1.54) is 19.3 Å². The van der Waals surface area contributed by atoms with E-state index in [4.69, 9.17) is 0 Å². The molecule has 0 rings (SSSR count). The summed E-state index contributed by atoms with van der Waals surface area (Å²) < 4.78 is 4.59. The average Bonchev–Trinajstić information content (AvgIpc) is 2.60. The lowest BCUT2D eigenvalue weighted by Gasteiger charge is -2.12. The van der Waals surface area contributed by atoms with Crippen molar-refractivity contribution in [2.24, 2.45) is 0 Å². The molecular formula is C19H34O5. The zero-order valence-electron chi connectivity index (χ0n) is 15.1. The zero-order chi connectivity index (χ0) is 18.2. The first-order valence-corrected chi connectivity index (χ1v) is 8.95. The van der Waals surface area contributed by atoms with Gasteiger partial charge in [0, 0.05) is 6.42 Å². The number of ether oxygens (including phenoxy) is 1. The van der Waals surface area contributed by atoms with Crippen LogP contribution in [0.25, 0.3) is 0 Å². The number of carbonyl (C=O) groups excluding carboxylic acids is 1. The number of esters is 1. The molecular weight excluding hydrogens is 308 g/mol. The lowest BCUT2D eigenvalue weighted by molar-refractivity contribution is -0.140. The smallest absolute Gasteiger partial charge is 0.305 e. The van der Waals surface area contributed by atoms with Crippen LogP contribution in [-0.2, 0) is 9.53 Å². The summed E-state index contributed by atoms with van der Waals surface area (Å²) in [4.78, 5) is 10.9. The SMILES string of the molecule is CC[C@H](O)/C=C\[C@H](O)[C@H](O)C/C=C\CCCCCCCC(=O)OC. The molecule has 0 aliphatic carbocycles. The third kappa shape index (κ3) is 13.3. The van der Waals surface area contributed by atoms with Crippen LogP contribution in [0.3, 0.4) is 0 Å². The molecule has 0 radical (unpaired) electrons. The van der Waals surface area contributed by atoms with Gasteiger partial charge in [0.1, 0.15) is 0 Å². The number of unbranched alkanes of at least 4 members (excludes halogenated alkanes) is 5. The predicted molar refractivity (Wildman–Crippen MR) is 95.5 cm³/mol. The average molecular weight is 342 g/mol. The standard InChI is InChI=1S/C19H34O5/c1-3-16(20)14-15-18(22)17(21)12-10-8-6-4-5-7-9-11-13-19(23)24-2/h8,10,14-18,20-22H,3-7,9,11-13H2,1-2H3/b10-8-,15-14-/t16-,17+,18-/m0/s1. The number of hydrogen-bond acceptors (Lipinski definition) is 5. The van der Waals surface area contributed by atoms with Gasteiger partial charge in [-0.25, -0.2) is 0 Å². The number of rotatable bonds is 14. The van der Waals surface area contributed by atoms with Crippen LogP contribution < -0.4 is 0 Å². The molecule has 0 spiro atoms. The fourth-order valence-electron chi connectivity index (χ4n) is 2.16. The predicted octanol–water partition coefficient (Wildman–Crippen LogP) is 2.89. The van der Waals surface area contributed by atoms with Gasteiger partial charge in [0.15, 0.2) is 0 Å². The minimum Gasteiger partial charge on any atom is -0.469 e. The molecule has 0 aliphatic rings. The molecule has 140 valence electrons. The summed E-state index contributed by atoms with van der Waals surface area (Å²) in [7, 11) is 1.41. The van der Waals surface area contributed by atoms with Gasteiger partial charge in [-0.2, -0.15) is 0 Å². The molecule has 0 saturated carbocycles. The summed E-state index contributed by atoms with van der Waals surface area (Å²) in [6.07, 6.45) is 12.1. The van der Waals surface area contributed by atoms with E-state index in [9.17, 15) is 20.1 Å². The highest BCUT2D eigenvalue weighted by molar-refractivity contribution is 5.68. The number of aliphatic hydroxyl groups excluding tert-OH is 3. The normalized spacial score (nSPS) is 15.7. The van der Waals surface area contributed by atoms with Crippen LogP contribution >= 0.6 is 0 Å². The van der Waals surface area contributed by atoms with E-state index in [-0.39, 0.29) is 5.97 Å². The lowest BCUT2D eigenvalue weighted by Crippen LogP contribution is -2.23. The number of methoxy groups -OCH3 is 1. The van der Waals surface area contributed by atoms with Gasteiger partial charge in [0.25, 0.3) is 0 Å². The first kappa shape index (κ1) is 22.8. The molecule has 0 unspecified atom stereocenters. The lowest BCUT2D eigenvalue weighted by atomic mass is 10.1. The Bertz CT molecular complexity index is 365. The van der Waals surface area contributed by atoms with Crippen molar-refractivity contribution in [2.45, 2.75) is 83.0 Å². The van der Waals surface area contributed by atoms with E-state index in [2.05, 4.69) is 4.74 Å². The topological polar surface area (TPSA) is 87.0 Å². The van der Waals surface area contributed by atoms with E-state index in [0.717, 1.165) is 38.5 Å². The minimum absolute atomic E-state index is 0.141. The monoisotopic (exact) mass is 342 g/mol. The van der Waals surface area contributed by atoms with E-state index in [0.29, 0.717) is 19.3 Å². The number of hydrogen-bond donors (Lipinski definition) is 3. The first-order chi connectivity index (χ1) is 11.5. The van der Waals surface area contributed by atoms with Crippen molar-refractivity contribution < 1.29 is 24.9 Å². The zero-order valence-corrected chi connectivity index (χ0v) is 15.1. The minimum atomic E-state index is -0.953. The van der Waals surface area contributed by atoms with Crippen LogP contribution in [-0.4, -0.2) is 46.7 Å². The molecule has 0 saturated heterocycles. The fraction of sp³-hybridized carbons (Fsp3) is 0.737. The van der Waals surface area contributed by atoms with Crippen molar-refractivity contribution in [1.29, 1.82) is 0 Å². The first-order valence-electron chi connectivity index (χ1n) is 8.95. The quantitative estimate of drug-likeness (QED) is 0.257. The van der Waals surface area contributed by atoms with Gasteiger partial charge in [-0.1, -0.05) is 50.5 Å². The number of carbonyl (C=O) groups is 1. The maximum absolute atomic E-state index is 10.9. The van der Waals surface area contributed by atoms with Crippen molar-refractivity contribution in [1.82, 2.24) is 0 Å². The Hall–Kier alpha value is -1.17. The Morgan fingerprint density at radius 2 is 1.67 bits per heavy atom. The molecule has 0 aromatic carbocycles. The Balaban J connectivity index is 3.60. The van der Waals surface area contributed by atoms with Crippen molar-refractivity contribution in [2.75, 3.05) is 7.11 Å². The van der Waals surface area contributed by atoms with Crippen LogP contribution in [0.15, 0.2) is 24.3 Å². The van der Waals surface area contributed by atoms with Gasteiger partial charge in [-0.3, -0.25) is 4.79 Å². The summed E-state index contributed by atoms with van der Waals surface area (Å²) in [5, 5.41) is 28.9. The molecule has 5 nitrogen and oxygen atoms in total. The second kappa shape index (κ2) is 15.4. The van der Waals surface area contributed by atoms with E-state index >= 15 is 0 Å². The Kier molecular flexibility index (Phi) is 14.6. The second-order valence-corrected chi connectivity index (χ2v) is 6.01. The van der Waals surface area contributed by atoms with Crippen molar-refractivity contribution in [3.63, 3.8) is 0 Å². The molecule has 5 heteroatoms. The molecule has 0 aromatic rings. The molecule has 24 heavy (non-hydrogen) atoms. The molecule has 3 atom stereocenters. The van der Waals surface area contributed by atoms with Crippen molar-refractivity contribution >= 4 is 5.97 Å². The van der Waals surface area contributed by atoms with Gasteiger partial charge in [-0.15, -0.1) is 0 Å².